The van der Waals surface area contributed by atoms with E-state index >= 15 is 0 Å². The fourth-order valence-electron chi connectivity index (χ4n) is 2.29. The molecule has 0 heterocycles. The number of carbonyl (C=O) groups is 1. The van der Waals surface area contributed by atoms with Crippen molar-refractivity contribution in [2.24, 2.45) is 5.92 Å². The van der Waals surface area contributed by atoms with Crippen molar-refractivity contribution in [3.8, 4) is 11.5 Å². The number of methoxy groups -OCH3 is 3. The SMILES string of the molecule is COC(=O)C(c1c(OC)cccc1OC)C1CC1. The third-order valence-electron chi connectivity index (χ3n) is 3.33. The van der Waals surface area contributed by atoms with Crippen molar-refractivity contribution in [2.45, 2.75) is 18.8 Å². The molecule has 0 amide bonds. The number of esters is 1. The van der Waals surface area contributed by atoms with Crippen LogP contribution in [-0.2, 0) is 9.53 Å². The van der Waals surface area contributed by atoms with Gasteiger partial charge in [0.1, 0.15) is 11.5 Å². The van der Waals surface area contributed by atoms with E-state index in [2.05, 4.69) is 0 Å². The third-order valence-corrected chi connectivity index (χ3v) is 3.33. The maximum Gasteiger partial charge on any atom is 0.313 e. The molecule has 1 atom stereocenters. The predicted octanol–water partition coefficient (Wildman–Crippen LogP) is 2.37. The molecule has 1 saturated carbocycles. The molecule has 0 bridgehead atoms. The predicted molar refractivity (Wildman–Crippen MR) is 67.0 cm³/mol. The minimum Gasteiger partial charge on any atom is -0.496 e. The van der Waals surface area contributed by atoms with Gasteiger partial charge in [0.25, 0.3) is 0 Å². The lowest BCUT2D eigenvalue weighted by Gasteiger charge is -2.20. The third kappa shape index (κ3) is 2.28. The summed E-state index contributed by atoms with van der Waals surface area (Å²) >= 11 is 0. The molecular weight excluding hydrogens is 232 g/mol. The summed E-state index contributed by atoms with van der Waals surface area (Å²) < 4.78 is 15.6. The Bertz CT molecular complexity index is 415. The molecule has 0 spiro atoms. The van der Waals surface area contributed by atoms with Gasteiger partial charge in [-0.15, -0.1) is 0 Å². The van der Waals surface area contributed by atoms with Gasteiger partial charge < -0.3 is 14.2 Å². The van der Waals surface area contributed by atoms with Gasteiger partial charge in [-0.2, -0.15) is 0 Å². The van der Waals surface area contributed by atoms with Crippen LogP contribution < -0.4 is 9.47 Å². The van der Waals surface area contributed by atoms with E-state index in [-0.39, 0.29) is 11.9 Å². The van der Waals surface area contributed by atoms with E-state index in [9.17, 15) is 4.79 Å². The van der Waals surface area contributed by atoms with Crippen molar-refractivity contribution < 1.29 is 19.0 Å². The van der Waals surface area contributed by atoms with Crippen LogP contribution in [0.25, 0.3) is 0 Å². The summed E-state index contributed by atoms with van der Waals surface area (Å²) in [5, 5.41) is 0. The van der Waals surface area contributed by atoms with Crippen molar-refractivity contribution in [3.05, 3.63) is 23.8 Å². The lowest BCUT2D eigenvalue weighted by molar-refractivity contribution is -0.143. The van der Waals surface area contributed by atoms with Gasteiger partial charge in [-0.05, 0) is 30.9 Å². The Kier molecular flexibility index (Phi) is 3.75. The van der Waals surface area contributed by atoms with Gasteiger partial charge >= 0.3 is 5.97 Å². The van der Waals surface area contributed by atoms with Crippen molar-refractivity contribution in [1.82, 2.24) is 0 Å². The molecule has 0 radical (unpaired) electrons. The summed E-state index contributed by atoms with van der Waals surface area (Å²) in [4.78, 5) is 12.0. The number of rotatable bonds is 5. The number of ether oxygens (including phenoxy) is 3. The molecule has 1 aromatic rings. The van der Waals surface area contributed by atoms with Crippen molar-refractivity contribution in [2.75, 3.05) is 21.3 Å². The fraction of sp³-hybridized carbons (Fsp3) is 0.500. The lowest BCUT2D eigenvalue weighted by Crippen LogP contribution is -2.18. The molecule has 2 rings (SSSR count). The van der Waals surface area contributed by atoms with E-state index in [4.69, 9.17) is 14.2 Å². The summed E-state index contributed by atoms with van der Waals surface area (Å²) in [7, 11) is 4.61. The topological polar surface area (TPSA) is 44.8 Å². The average Bonchev–Trinajstić information content (AvgIpc) is 3.23. The second kappa shape index (κ2) is 5.29. The maximum absolute atomic E-state index is 12.0. The van der Waals surface area contributed by atoms with E-state index in [0.717, 1.165) is 18.4 Å². The normalized spacial score (nSPS) is 15.9. The van der Waals surface area contributed by atoms with Crippen LogP contribution in [-0.4, -0.2) is 27.3 Å². The molecule has 0 N–H and O–H groups in total. The van der Waals surface area contributed by atoms with Gasteiger partial charge in [0.2, 0.25) is 0 Å². The largest absolute Gasteiger partial charge is 0.496 e. The van der Waals surface area contributed by atoms with E-state index in [1.807, 2.05) is 18.2 Å². The molecule has 0 aliphatic heterocycles. The van der Waals surface area contributed by atoms with E-state index < -0.39 is 0 Å². The zero-order valence-corrected chi connectivity index (χ0v) is 10.9. The van der Waals surface area contributed by atoms with Crippen LogP contribution in [0.15, 0.2) is 18.2 Å². The Morgan fingerprint density at radius 2 is 1.72 bits per heavy atom. The van der Waals surface area contributed by atoms with Gasteiger partial charge in [-0.1, -0.05) is 6.07 Å². The first-order valence-electron chi connectivity index (χ1n) is 6.01. The molecule has 18 heavy (non-hydrogen) atoms. The highest BCUT2D eigenvalue weighted by molar-refractivity contribution is 5.81. The second-order valence-corrected chi connectivity index (χ2v) is 4.41. The fourth-order valence-corrected chi connectivity index (χ4v) is 2.29. The first-order valence-corrected chi connectivity index (χ1v) is 6.01. The Labute approximate surface area is 107 Å². The Hall–Kier alpha value is -1.71. The molecule has 1 unspecified atom stereocenters. The molecule has 1 fully saturated rings. The lowest BCUT2D eigenvalue weighted by atomic mass is 9.92. The molecule has 1 aliphatic rings. The van der Waals surface area contributed by atoms with Gasteiger partial charge in [0.05, 0.1) is 32.8 Å². The van der Waals surface area contributed by atoms with Gasteiger partial charge in [-0.3, -0.25) is 4.79 Å². The number of carbonyl (C=O) groups excluding carboxylic acids is 1. The van der Waals surface area contributed by atoms with E-state index in [0.29, 0.717) is 17.4 Å². The molecule has 4 heteroatoms. The Balaban J connectivity index is 2.48. The summed E-state index contributed by atoms with van der Waals surface area (Å²) in [6.07, 6.45) is 2.09. The molecule has 1 aliphatic carbocycles. The molecule has 4 nitrogen and oxygen atoms in total. The van der Waals surface area contributed by atoms with Crippen LogP contribution in [0.2, 0.25) is 0 Å². The van der Waals surface area contributed by atoms with Crippen molar-refractivity contribution in [3.63, 3.8) is 0 Å². The summed E-state index contributed by atoms with van der Waals surface area (Å²) in [6, 6.07) is 5.54. The van der Waals surface area contributed by atoms with Crippen LogP contribution in [0.3, 0.4) is 0 Å². The average molecular weight is 250 g/mol. The zero-order chi connectivity index (χ0) is 13.1. The van der Waals surface area contributed by atoms with Crippen LogP contribution in [0.4, 0.5) is 0 Å². The summed E-state index contributed by atoms with van der Waals surface area (Å²) in [6.45, 7) is 0. The van der Waals surface area contributed by atoms with Crippen LogP contribution in [0.1, 0.15) is 24.3 Å². The highest BCUT2D eigenvalue weighted by Crippen LogP contribution is 2.48. The standard InChI is InChI=1S/C14H18O4/c1-16-10-5-4-6-11(17-2)13(10)12(9-7-8-9)14(15)18-3/h4-6,9,12H,7-8H2,1-3H3. The second-order valence-electron chi connectivity index (χ2n) is 4.41. The highest BCUT2D eigenvalue weighted by atomic mass is 16.5. The van der Waals surface area contributed by atoms with Crippen molar-refractivity contribution in [1.29, 1.82) is 0 Å². The smallest absolute Gasteiger partial charge is 0.313 e. The minimum atomic E-state index is -0.291. The van der Waals surface area contributed by atoms with Gasteiger partial charge in [0.15, 0.2) is 0 Å². The quantitative estimate of drug-likeness (QED) is 0.753. The molecule has 98 valence electrons. The molecular formula is C14H18O4. The molecule has 0 saturated heterocycles. The Morgan fingerprint density at radius 1 is 1.17 bits per heavy atom. The Morgan fingerprint density at radius 3 is 2.11 bits per heavy atom. The monoisotopic (exact) mass is 250 g/mol. The minimum absolute atomic E-state index is 0.222. The summed E-state index contributed by atoms with van der Waals surface area (Å²) in [5.74, 6) is 1.18. The highest BCUT2D eigenvalue weighted by Gasteiger charge is 2.41. The maximum atomic E-state index is 12.0. The van der Waals surface area contributed by atoms with Crippen LogP contribution in [0.5, 0.6) is 11.5 Å². The zero-order valence-electron chi connectivity index (χ0n) is 10.9. The van der Waals surface area contributed by atoms with E-state index in [1.54, 1.807) is 14.2 Å². The number of hydrogen-bond acceptors (Lipinski definition) is 4. The van der Waals surface area contributed by atoms with Crippen molar-refractivity contribution >= 4 is 5.97 Å². The molecule has 1 aromatic carbocycles. The van der Waals surface area contributed by atoms with E-state index in [1.165, 1.54) is 7.11 Å². The summed E-state index contributed by atoms with van der Waals surface area (Å²) in [5.41, 5.74) is 0.803. The number of benzene rings is 1. The first-order chi connectivity index (χ1) is 8.72. The number of hydrogen-bond donors (Lipinski definition) is 0. The van der Waals surface area contributed by atoms with Gasteiger partial charge in [0, 0.05) is 0 Å². The molecule has 0 aromatic heterocycles. The first kappa shape index (κ1) is 12.7. The van der Waals surface area contributed by atoms with Crippen LogP contribution in [0, 0.1) is 5.92 Å². The van der Waals surface area contributed by atoms with Gasteiger partial charge in [-0.25, -0.2) is 0 Å². The van der Waals surface area contributed by atoms with Crippen LogP contribution >= 0.6 is 0 Å².